The third kappa shape index (κ3) is 7.18. The van der Waals surface area contributed by atoms with Crippen LogP contribution in [0.3, 0.4) is 0 Å². The lowest BCUT2D eigenvalue weighted by molar-refractivity contribution is -0.142. The number of nitrogens with two attached hydrogens (primary N) is 1. The first-order chi connectivity index (χ1) is 17.8. The number of nitrogens with zero attached hydrogens (tertiary/aromatic N) is 1. The molecule has 3 aromatic rings. The van der Waals surface area contributed by atoms with Crippen LogP contribution < -0.4 is 21.1 Å². The molecule has 1 aromatic heterocycles. The van der Waals surface area contributed by atoms with Crippen molar-refractivity contribution < 1.29 is 29.0 Å². The van der Waals surface area contributed by atoms with E-state index in [9.17, 15) is 24.3 Å². The number of amides is 3. The quantitative estimate of drug-likeness (QED) is 0.251. The summed E-state index contributed by atoms with van der Waals surface area (Å²) in [7, 11) is 0. The number of imide groups is 1. The van der Waals surface area contributed by atoms with Gasteiger partial charge in [-0.15, -0.1) is 0 Å². The average molecular weight is 524 g/mol. The van der Waals surface area contributed by atoms with Gasteiger partial charge in [-0.3, -0.25) is 19.7 Å². The van der Waals surface area contributed by atoms with Crippen LogP contribution in [-0.2, 0) is 33.6 Å². The number of aliphatic carboxylic acids is 1. The summed E-state index contributed by atoms with van der Waals surface area (Å²) in [6, 6.07) is 12.2. The van der Waals surface area contributed by atoms with Crippen LogP contribution in [0.5, 0.6) is 11.5 Å². The van der Waals surface area contributed by atoms with Crippen LogP contribution in [0.1, 0.15) is 16.8 Å². The fourth-order valence-electron chi connectivity index (χ4n) is 3.71. The number of carboxylic acid groups (broad SMARTS) is 1. The number of carboxylic acids is 1. The molecule has 1 fully saturated rings. The minimum atomic E-state index is -1.16. The molecule has 0 aliphatic carbocycles. The number of imidazole rings is 1. The van der Waals surface area contributed by atoms with E-state index < -0.39 is 29.2 Å². The second-order valence-corrected chi connectivity index (χ2v) is 9.64. The molecular weight excluding hydrogens is 498 g/mol. The number of hydrogen-bond acceptors (Lipinski definition) is 8. The number of aromatic amines is 1. The molecule has 12 heteroatoms. The SMILES string of the molecule is NC(Cc1ccc(Oc2ccc(CC3SC(=O)NC3=O)cc2)cc1)C(=O)NC(Cc1cnc[nH]1)C(=O)O. The molecule has 0 bridgehead atoms. The maximum atomic E-state index is 12.5. The van der Waals surface area contributed by atoms with Crippen LogP contribution in [0, 0.1) is 0 Å². The second kappa shape index (κ2) is 11.7. The molecule has 37 heavy (non-hydrogen) atoms. The van der Waals surface area contributed by atoms with Crippen molar-refractivity contribution in [2.45, 2.75) is 36.6 Å². The summed E-state index contributed by atoms with van der Waals surface area (Å²) in [5.74, 6) is -0.822. The first-order valence-corrected chi connectivity index (χ1v) is 12.3. The fourth-order valence-corrected chi connectivity index (χ4v) is 4.57. The normalized spacial score (nSPS) is 16.6. The Morgan fingerprint density at radius 1 is 1.05 bits per heavy atom. The molecule has 3 atom stereocenters. The molecule has 3 unspecified atom stereocenters. The maximum absolute atomic E-state index is 12.5. The van der Waals surface area contributed by atoms with E-state index in [1.54, 1.807) is 36.4 Å². The van der Waals surface area contributed by atoms with Gasteiger partial charge in [-0.1, -0.05) is 36.0 Å². The van der Waals surface area contributed by atoms with Gasteiger partial charge in [0.15, 0.2) is 0 Å². The van der Waals surface area contributed by atoms with E-state index in [-0.39, 0.29) is 24.0 Å². The number of rotatable bonds is 11. The number of carbonyl (C=O) groups excluding carboxylic acids is 3. The van der Waals surface area contributed by atoms with E-state index in [1.807, 2.05) is 12.1 Å². The van der Waals surface area contributed by atoms with Crippen LogP contribution in [0.2, 0.25) is 0 Å². The molecule has 4 rings (SSSR count). The van der Waals surface area contributed by atoms with Crippen LogP contribution in [0.4, 0.5) is 4.79 Å². The lowest BCUT2D eigenvalue weighted by Gasteiger charge is -2.17. The first kappa shape index (κ1) is 25.9. The van der Waals surface area contributed by atoms with Crippen molar-refractivity contribution in [1.82, 2.24) is 20.6 Å². The number of thioether (sulfide) groups is 1. The van der Waals surface area contributed by atoms with Crippen molar-refractivity contribution in [2.24, 2.45) is 5.73 Å². The molecule has 0 radical (unpaired) electrons. The third-order valence-corrected chi connectivity index (χ3v) is 6.64. The summed E-state index contributed by atoms with van der Waals surface area (Å²) in [6.07, 6.45) is 3.66. The summed E-state index contributed by atoms with van der Waals surface area (Å²) in [4.78, 5) is 53.7. The van der Waals surface area contributed by atoms with E-state index in [2.05, 4.69) is 20.6 Å². The van der Waals surface area contributed by atoms with Gasteiger partial charge in [-0.25, -0.2) is 9.78 Å². The second-order valence-electron chi connectivity index (χ2n) is 8.47. The Morgan fingerprint density at radius 2 is 1.70 bits per heavy atom. The van der Waals surface area contributed by atoms with Crippen molar-refractivity contribution in [3.63, 3.8) is 0 Å². The largest absolute Gasteiger partial charge is 0.480 e. The molecule has 0 saturated carbocycles. The molecule has 2 aromatic carbocycles. The molecular formula is C25H25N5O6S. The number of carbonyl (C=O) groups is 4. The van der Waals surface area contributed by atoms with Crippen LogP contribution in [-0.4, -0.2) is 55.4 Å². The molecule has 2 heterocycles. The summed E-state index contributed by atoms with van der Waals surface area (Å²) in [5, 5.41) is 13.4. The number of hydrogen-bond donors (Lipinski definition) is 5. The van der Waals surface area contributed by atoms with Gasteiger partial charge in [0.25, 0.3) is 5.24 Å². The highest BCUT2D eigenvalue weighted by Gasteiger charge is 2.31. The average Bonchev–Trinajstić information content (AvgIpc) is 3.49. The van der Waals surface area contributed by atoms with E-state index >= 15 is 0 Å². The highest BCUT2D eigenvalue weighted by molar-refractivity contribution is 8.15. The van der Waals surface area contributed by atoms with E-state index in [4.69, 9.17) is 10.5 Å². The Bertz CT molecular complexity index is 1260. The highest BCUT2D eigenvalue weighted by atomic mass is 32.2. The van der Waals surface area contributed by atoms with Gasteiger partial charge in [-0.2, -0.15) is 0 Å². The molecule has 192 valence electrons. The molecule has 1 aliphatic rings. The monoisotopic (exact) mass is 523 g/mol. The molecule has 1 aliphatic heterocycles. The van der Waals surface area contributed by atoms with Crippen molar-refractivity contribution in [3.05, 3.63) is 77.9 Å². The standard InChI is InChI=1S/C25H25N5O6S/c26-19(22(31)29-20(24(33)34)11-16-12-27-13-28-16)9-14-1-5-17(6-2-14)36-18-7-3-15(4-8-18)10-21-23(32)30-25(35)37-21/h1-8,12-13,19-21H,9-11,26H2,(H,27,28)(H,29,31)(H,33,34)(H,30,32,35). The Morgan fingerprint density at radius 3 is 2.24 bits per heavy atom. The summed E-state index contributed by atoms with van der Waals surface area (Å²) < 4.78 is 5.86. The molecule has 3 amide bonds. The number of aromatic nitrogens is 2. The molecule has 1 saturated heterocycles. The topological polar surface area (TPSA) is 176 Å². The highest BCUT2D eigenvalue weighted by Crippen LogP contribution is 2.26. The van der Waals surface area contributed by atoms with Gasteiger partial charge in [0, 0.05) is 18.3 Å². The molecule has 0 spiro atoms. The lowest BCUT2D eigenvalue weighted by Crippen LogP contribution is -2.50. The van der Waals surface area contributed by atoms with E-state index in [0.717, 1.165) is 22.9 Å². The summed E-state index contributed by atoms with van der Waals surface area (Å²) in [5.41, 5.74) is 8.30. The Hall–Kier alpha value is -4.16. The Labute approximate surface area is 216 Å². The minimum absolute atomic E-state index is 0.0648. The Kier molecular flexibility index (Phi) is 8.21. The zero-order valence-electron chi connectivity index (χ0n) is 19.5. The predicted octanol–water partition coefficient (Wildman–Crippen LogP) is 1.78. The van der Waals surface area contributed by atoms with Gasteiger partial charge in [0.1, 0.15) is 17.5 Å². The van der Waals surface area contributed by atoms with Crippen molar-refractivity contribution in [1.29, 1.82) is 0 Å². The first-order valence-electron chi connectivity index (χ1n) is 11.4. The zero-order valence-corrected chi connectivity index (χ0v) is 20.4. The van der Waals surface area contributed by atoms with Crippen LogP contribution >= 0.6 is 11.8 Å². The molecule has 11 nitrogen and oxygen atoms in total. The fraction of sp³-hybridized carbons (Fsp3) is 0.240. The van der Waals surface area contributed by atoms with Crippen molar-refractivity contribution in [2.75, 3.05) is 0 Å². The van der Waals surface area contributed by atoms with Gasteiger partial charge in [0.2, 0.25) is 11.8 Å². The van der Waals surface area contributed by atoms with Crippen LogP contribution in [0.15, 0.2) is 61.1 Å². The number of nitrogens with one attached hydrogen (secondary N) is 3. The minimum Gasteiger partial charge on any atom is -0.480 e. The van der Waals surface area contributed by atoms with Gasteiger partial charge in [-0.05, 0) is 48.2 Å². The van der Waals surface area contributed by atoms with Crippen LogP contribution in [0.25, 0.3) is 0 Å². The van der Waals surface area contributed by atoms with E-state index in [0.29, 0.717) is 23.6 Å². The van der Waals surface area contributed by atoms with Crippen molar-refractivity contribution >= 4 is 34.8 Å². The van der Waals surface area contributed by atoms with Crippen molar-refractivity contribution in [3.8, 4) is 11.5 Å². The van der Waals surface area contributed by atoms with Gasteiger partial charge < -0.3 is 25.9 Å². The third-order valence-electron chi connectivity index (χ3n) is 5.66. The number of ether oxygens (including phenoxy) is 1. The summed E-state index contributed by atoms with van der Waals surface area (Å²) in [6.45, 7) is 0. The zero-order chi connectivity index (χ0) is 26.4. The van der Waals surface area contributed by atoms with E-state index in [1.165, 1.54) is 12.5 Å². The Balaban J connectivity index is 1.27. The smallest absolute Gasteiger partial charge is 0.326 e. The van der Waals surface area contributed by atoms with Gasteiger partial charge in [0.05, 0.1) is 17.6 Å². The summed E-state index contributed by atoms with van der Waals surface area (Å²) >= 11 is 0.992. The predicted molar refractivity (Wildman–Crippen MR) is 135 cm³/mol. The number of benzene rings is 2. The maximum Gasteiger partial charge on any atom is 0.326 e. The molecule has 6 N–H and O–H groups in total. The lowest BCUT2D eigenvalue weighted by atomic mass is 10.0. The van der Waals surface area contributed by atoms with Gasteiger partial charge >= 0.3 is 5.97 Å². The number of H-pyrrole nitrogens is 1.